The van der Waals surface area contributed by atoms with Gasteiger partial charge in [0.25, 0.3) is 0 Å². The van der Waals surface area contributed by atoms with E-state index in [-0.39, 0.29) is 11.6 Å². The van der Waals surface area contributed by atoms with Crippen LogP contribution in [-0.2, 0) is 15.9 Å². The zero-order valence-electron chi connectivity index (χ0n) is 10.9. The van der Waals surface area contributed by atoms with E-state index in [0.29, 0.717) is 6.61 Å². The lowest BCUT2D eigenvalue weighted by atomic mass is 9.83. The van der Waals surface area contributed by atoms with E-state index in [1.165, 1.54) is 5.56 Å². The highest BCUT2D eigenvalue weighted by Crippen LogP contribution is 2.30. The summed E-state index contributed by atoms with van der Waals surface area (Å²) in [7, 11) is 0. The Morgan fingerprint density at radius 1 is 1.56 bits per heavy atom. The summed E-state index contributed by atoms with van der Waals surface area (Å²) < 4.78 is 11.5. The van der Waals surface area contributed by atoms with Crippen molar-refractivity contribution in [2.75, 3.05) is 19.8 Å². The Morgan fingerprint density at radius 2 is 2.33 bits per heavy atom. The molecule has 1 unspecified atom stereocenters. The third-order valence-corrected chi connectivity index (χ3v) is 4.36. The number of hydrogen-bond donors (Lipinski definition) is 2. The fourth-order valence-corrected chi connectivity index (χ4v) is 3.32. The molecule has 1 aromatic rings. The van der Waals surface area contributed by atoms with Crippen LogP contribution in [0.2, 0.25) is 0 Å². The molecule has 0 amide bonds. The third-order valence-electron chi connectivity index (χ3n) is 3.63. The molecule has 18 heavy (non-hydrogen) atoms. The molecule has 4 nitrogen and oxygen atoms in total. The second kappa shape index (κ2) is 6.63. The van der Waals surface area contributed by atoms with Crippen molar-refractivity contribution in [2.45, 2.75) is 37.8 Å². The minimum absolute atomic E-state index is 0.135. The second-order valence-corrected chi connectivity index (χ2v) is 5.45. The van der Waals surface area contributed by atoms with Crippen LogP contribution in [-0.4, -0.2) is 31.5 Å². The first-order valence-electron chi connectivity index (χ1n) is 6.49. The van der Waals surface area contributed by atoms with Crippen molar-refractivity contribution in [1.82, 2.24) is 5.43 Å². The van der Waals surface area contributed by atoms with E-state index in [2.05, 4.69) is 22.3 Å². The van der Waals surface area contributed by atoms with Crippen LogP contribution in [0.25, 0.3) is 0 Å². The number of thiophene rings is 1. The van der Waals surface area contributed by atoms with Crippen molar-refractivity contribution in [3.05, 3.63) is 22.4 Å². The smallest absolute Gasteiger partial charge is 0.0895 e. The molecular weight excluding hydrogens is 248 g/mol. The van der Waals surface area contributed by atoms with Gasteiger partial charge in [0.15, 0.2) is 0 Å². The fourth-order valence-electron chi connectivity index (χ4n) is 2.64. The molecule has 1 saturated heterocycles. The van der Waals surface area contributed by atoms with Crippen molar-refractivity contribution in [2.24, 2.45) is 5.84 Å². The summed E-state index contributed by atoms with van der Waals surface area (Å²) in [6.07, 6.45) is 2.71. The molecule has 1 aromatic heterocycles. The lowest BCUT2D eigenvalue weighted by Crippen LogP contribution is -2.58. The first-order chi connectivity index (χ1) is 8.80. The molecule has 102 valence electrons. The van der Waals surface area contributed by atoms with Gasteiger partial charge >= 0.3 is 0 Å². The molecule has 0 saturated carbocycles. The minimum Gasteiger partial charge on any atom is -0.381 e. The van der Waals surface area contributed by atoms with Crippen LogP contribution in [0, 0.1) is 0 Å². The number of ether oxygens (including phenoxy) is 2. The predicted molar refractivity (Wildman–Crippen MR) is 73.5 cm³/mol. The molecule has 2 heterocycles. The van der Waals surface area contributed by atoms with E-state index in [1.807, 2.05) is 6.92 Å². The Bertz CT molecular complexity index is 331. The maximum Gasteiger partial charge on any atom is 0.0895 e. The SMILES string of the molecule is CCOC1(C(Cc2ccsc2)NN)CCOCC1. The molecule has 0 spiro atoms. The molecule has 1 aliphatic heterocycles. The highest BCUT2D eigenvalue weighted by molar-refractivity contribution is 7.07. The second-order valence-electron chi connectivity index (χ2n) is 4.67. The van der Waals surface area contributed by atoms with Gasteiger partial charge in [-0.2, -0.15) is 11.3 Å². The molecule has 0 bridgehead atoms. The summed E-state index contributed by atoms with van der Waals surface area (Å²) in [5.41, 5.74) is 4.08. The first kappa shape index (κ1) is 14.0. The van der Waals surface area contributed by atoms with E-state index in [9.17, 15) is 0 Å². The van der Waals surface area contributed by atoms with Gasteiger partial charge in [0.1, 0.15) is 0 Å². The average molecular weight is 270 g/mol. The zero-order valence-corrected chi connectivity index (χ0v) is 11.7. The highest BCUT2D eigenvalue weighted by atomic mass is 32.1. The standard InChI is InChI=1S/C13H22N2O2S/c1-2-17-13(4-6-16-7-5-13)12(15-14)9-11-3-8-18-10-11/h3,8,10,12,15H,2,4-7,9,14H2,1H3. The molecule has 1 atom stereocenters. The van der Waals surface area contributed by atoms with Gasteiger partial charge < -0.3 is 9.47 Å². The Hall–Kier alpha value is -0.460. The highest BCUT2D eigenvalue weighted by Gasteiger charge is 2.40. The Morgan fingerprint density at radius 3 is 2.89 bits per heavy atom. The molecule has 1 aliphatic rings. The van der Waals surface area contributed by atoms with E-state index < -0.39 is 0 Å². The van der Waals surface area contributed by atoms with E-state index >= 15 is 0 Å². The van der Waals surface area contributed by atoms with Crippen LogP contribution >= 0.6 is 11.3 Å². The van der Waals surface area contributed by atoms with Crippen LogP contribution in [0.4, 0.5) is 0 Å². The van der Waals surface area contributed by atoms with E-state index in [1.54, 1.807) is 11.3 Å². The normalized spacial score (nSPS) is 20.8. The quantitative estimate of drug-likeness (QED) is 0.610. The molecule has 3 N–H and O–H groups in total. The van der Waals surface area contributed by atoms with Gasteiger partial charge in [0.05, 0.1) is 11.6 Å². The fraction of sp³-hybridized carbons (Fsp3) is 0.692. The Balaban J connectivity index is 2.10. The number of hydrogen-bond acceptors (Lipinski definition) is 5. The summed E-state index contributed by atoms with van der Waals surface area (Å²) >= 11 is 1.72. The molecule has 1 fully saturated rings. The van der Waals surface area contributed by atoms with Crippen LogP contribution in [0.1, 0.15) is 25.3 Å². The molecule has 0 aromatic carbocycles. The number of rotatable bonds is 6. The number of nitrogens with one attached hydrogen (secondary N) is 1. The first-order valence-corrected chi connectivity index (χ1v) is 7.44. The lowest BCUT2D eigenvalue weighted by Gasteiger charge is -2.42. The van der Waals surface area contributed by atoms with Crippen molar-refractivity contribution in [3.63, 3.8) is 0 Å². The van der Waals surface area contributed by atoms with Crippen LogP contribution in [0.5, 0.6) is 0 Å². The third kappa shape index (κ3) is 3.10. The van der Waals surface area contributed by atoms with Gasteiger partial charge in [-0.25, -0.2) is 0 Å². The summed E-state index contributed by atoms with van der Waals surface area (Å²) in [4.78, 5) is 0. The monoisotopic (exact) mass is 270 g/mol. The number of hydrazine groups is 1. The summed E-state index contributed by atoms with van der Waals surface area (Å²) in [5, 5.41) is 4.27. The van der Waals surface area contributed by atoms with Crippen LogP contribution in [0.15, 0.2) is 16.8 Å². The lowest BCUT2D eigenvalue weighted by molar-refractivity contribution is -0.126. The summed E-state index contributed by atoms with van der Waals surface area (Å²) in [6, 6.07) is 2.28. The van der Waals surface area contributed by atoms with Gasteiger partial charge in [-0.1, -0.05) is 0 Å². The maximum absolute atomic E-state index is 6.05. The van der Waals surface area contributed by atoms with Gasteiger partial charge in [0, 0.05) is 32.7 Å². The van der Waals surface area contributed by atoms with E-state index in [0.717, 1.165) is 32.5 Å². The molecule has 2 rings (SSSR count). The topological polar surface area (TPSA) is 56.5 Å². The largest absolute Gasteiger partial charge is 0.381 e. The zero-order chi connectivity index (χ0) is 12.8. The van der Waals surface area contributed by atoms with Crippen LogP contribution in [0.3, 0.4) is 0 Å². The predicted octanol–water partition coefficient (Wildman–Crippen LogP) is 1.71. The molecule has 0 aliphatic carbocycles. The summed E-state index contributed by atoms with van der Waals surface area (Å²) in [5.74, 6) is 5.77. The molecule has 0 radical (unpaired) electrons. The Kier molecular flexibility index (Phi) is 5.14. The molecule has 5 heteroatoms. The van der Waals surface area contributed by atoms with Gasteiger partial charge in [0.2, 0.25) is 0 Å². The van der Waals surface area contributed by atoms with Gasteiger partial charge in [-0.3, -0.25) is 11.3 Å². The number of nitrogens with two attached hydrogens (primary N) is 1. The molecular formula is C13H22N2O2S. The summed E-state index contributed by atoms with van der Waals surface area (Å²) in [6.45, 7) is 4.25. The Labute approximate surface area is 112 Å². The average Bonchev–Trinajstić information content (AvgIpc) is 2.90. The minimum atomic E-state index is -0.191. The van der Waals surface area contributed by atoms with Crippen LogP contribution < -0.4 is 11.3 Å². The van der Waals surface area contributed by atoms with Gasteiger partial charge in [-0.05, 0) is 35.7 Å². The van der Waals surface area contributed by atoms with Crippen molar-refractivity contribution in [3.8, 4) is 0 Å². The van der Waals surface area contributed by atoms with Crippen molar-refractivity contribution in [1.29, 1.82) is 0 Å². The van der Waals surface area contributed by atoms with Crippen molar-refractivity contribution >= 4 is 11.3 Å². The van der Waals surface area contributed by atoms with E-state index in [4.69, 9.17) is 15.3 Å². The maximum atomic E-state index is 6.05. The van der Waals surface area contributed by atoms with Crippen molar-refractivity contribution < 1.29 is 9.47 Å². The van der Waals surface area contributed by atoms with Gasteiger partial charge in [-0.15, -0.1) is 0 Å².